The second kappa shape index (κ2) is 8.13. The maximum Gasteiger partial charge on any atom is 0.250 e. The normalized spacial score (nSPS) is 11.4. The van der Waals surface area contributed by atoms with Gasteiger partial charge in [0.15, 0.2) is 0 Å². The summed E-state index contributed by atoms with van der Waals surface area (Å²) < 4.78 is 5.59. The number of likely N-dealkylation sites (N-methyl/N-ethyl adjacent to an activating group) is 1. The quantitative estimate of drug-likeness (QED) is 0.627. The standard InChI is InChI=1S/C20H21NO3/c1-4-11-24-18-13-16(20(23)15-9-7-6-8-10-15)12-17(14-18)21(3)19(22)5-2/h4-10,12-14,20,23H,1-2,11H2,3H3. The lowest BCUT2D eigenvalue weighted by Gasteiger charge is -2.20. The molecular weight excluding hydrogens is 302 g/mol. The van der Waals surface area contributed by atoms with E-state index < -0.39 is 6.10 Å². The van der Waals surface area contributed by atoms with Gasteiger partial charge in [-0.1, -0.05) is 49.6 Å². The summed E-state index contributed by atoms with van der Waals surface area (Å²) in [5.74, 6) is 0.317. The predicted molar refractivity (Wildman–Crippen MR) is 96.2 cm³/mol. The van der Waals surface area contributed by atoms with Gasteiger partial charge in [0.1, 0.15) is 18.5 Å². The highest BCUT2D eigenvalue weighted by atomic mass is 16.5. The number of carbonyl (C=O) groups is 1. The van der Waals surface area contributed by atoms with Gasteiger partial charge in [0.2, 0.25) is 5.91 Å². The topological polar surface area (TPSA) is 49.8 Å². The van der Waals surface area contributed by atoms with Crippen molar-refractivity contribution >= 4 is 11.6 Å². The molecule has 0 radical (unpaired) electrons. The molecule has 1 amide bonds. The van der Waals surface area contributed by atoms with Gasteiger partial charge in [0.05, 0.1) is 0 Å². The van der Waals surface area contributed by atoms with E-state index in [1.807, 2.05) is 30.3 Å². The Bertz CT molecular complexity index is 725. The Morgan fingerprint density at radius 1 is 1.21 bits per heavy atom. The van der Waals surface area contributed by atoms with E-state index in [9.17, 15) is 9.90 Å². The number of nitrogens with zero attached hydrogens (tertiary/aromatic N) is 1. The van der Waals surface area contributed by atoms with Gasteiger partial charge in [0.25, 0.3) is 0 Å². The zero-order valence-electron chi connectivity index (χ0n) is 13.7. The largest absolute Gasteiger partial charge is 0.489 e. The van der Waals surface area contributed by atoms with Crippen LogP contribution >= 0.6 is 0 Å². The SMILES string of the molecule is C=CCOc1cc(C(O)c2ccccc2)cc(N(C)C(=O)C=C)c1. The molecule has 24 heavy (non-hydrogen) atoms. The third-order valence-electron chi connectivity index (χ3n) is 3.61. The average Bonchev–Trinajstić information content (AvgIpc) is 2.64. The number of aliphatic hydroxyl groups excluding tert-OH is 1. The van der Waals surface area contributed by atoms with Crippen LogP contribution in [0.3, 0.4) is 0 Å². The maximum atomic E-state index is 11.9. The molecule has 0 saturated carbocycles. The molecule has 4 nitrogen and oxygen atoms in total. The molecule has 1 unspecified atom stereocenters. The van der Waals surface area contributed by atoms with Crippen LogP contribution in [0.4, 0.5) is 5.69 Å². The first-order valence-electron chi connectivity index (χ1n) is 7.58. The lowest BCUT2D eigenvalue weighted by molar-refractivity contribution is -0.113. The minimum absolute atomic E-state index is 0.240. The lowest BCUT2D eigenvalue weighted by Crippen LogP contribution is -2.24. The highest BCUT2D eigenvalue weighted by molar-refractivity contribution is 6.00. The highest BCUT2D eigenvalue weighted by Crippen LogP contribution is 2.30. The molecule has 0 bridgehead atoms. The predicted octanol–water partition coefficient (Wildman–Crippen LogP) is 3.48. The van der Waals surface area contributed by atoms with Gasteiger partial charge in [-0.05, 0) is 29.3 Å². The zero-order chi connectivity index (χ0) is 17.5. The smallest absolute Gasteiger partial charge is 0.250 e. The summed E-state index contributed by atoms with van der Waals surface area (Å²) in [4.78, 5) is 13.3. The summed E-state index contributed by atoms with van der Waals surface area (Å²) in [5.41, 5.74) is 2.02. The molecule has 0 heterocycles. The molecule has 2 aromatic carbocycles. The molecule has 124 valence electrons. The molecule has 2 aromatic rings. The molecule has 4 heteroatoms. The van der Waals surface area contributed by atoms with E-state index in [1.54, 1.807) is 31.3 Å². The summed E-state index contributed by atoms with van der Waals surface area (Å²) in [6.45, 7) is 7.46. The van der Waals surface area contributed by atoms with Gasteiger partial charge in [-0.3, -0.25) is 4.79 Å². The lowest BCUT2D eigenvalue weighted by atomic mass is 10.0. The molecular formula is C20H21NO3. The molecule has 1 N–H and O–H groups in total. The first-order chi connectivity index (χ1) is 11.6. The molecule has 0 aliphatic carbocycles. The fraction of sp³-hybridized carbons (Fsp3) is 0.150. The first kappa shape index (κ1) is 17.5. The van der Waals surface area contributed by atoms with Gasteiger partial charge in [-0.25, -0.2) is 0 Å². The van der Waals surface area contributed by atoms with Crippen LogP contribution in [-0.2, 0) is 4.79 Å². The zero-order valence-corrected chi connectivity index (χ0v) is 13.7. The summed E-state index contributed by atoms with van der Waals surface area (Å²) in [6, 6.07) is 14.6. The molecule has 0 aliphatic rings. The molecule has 1 atom stereocenters. The number of rotatable bonds is 7. The van der Waals surface area contributed by atoms with Gasteiger partial charge < -0.3 is 14.7 Å². The van der Waals surface area contributed by atoms with Crippen molar-refractivity contribution in [3.05, 3.63) is 85.0 Å². The second-order valence-electron chi connectivity index (χ2n) is 5.27. The minimum atomic E-state index is -0.815. The minimum Gasteiger partial charge on any atom is -0.489 e. The van der Waals surface area contributed by atoms with Crippen LogP contribution in [0.15, 0.2) is 73.8 Å². The van der Waals surface area contributed by atoms with Crippen molar-refractivity contribution in [1.29, 1.82) is 0 Å². The number of ether oxygens (including phenoxy) is 1. The molecule has 0 aromatic heterocycles. The Labute approximate surface area is 142 Å². The number of carbonyl (C=O) groups excluding carboxylic acids is 1. The summed E-state index contributed by atoms with van der Waals surface area (Å²) in [7, 11) is 1.65. The number of hydrogen-bond acceptors (Lipinski definition) is 3. The highest BCUT2D eigenvalue weighted by Gasteiger charge is 2.16. The van der Waals surface area contributed by atoms with E-state index in [4.69, 9.17) is 4.74 Å². The fourth-order valence-corrected chi connectivity index (χ4v) is 2.29. The van der Waals surface area contributed by atoms with Crippen molar-refractivity contribution in [2.24, 2.45) is 0 Å². The molecule has 0 fully saturated rings. The monoisotopic (exact) mass is 323 g/mol. The van der Waals surface area contributed by atoms with Crippen molar-refractivity contribution in [2.75, 3.05) is 18.6 Å². The van der Waals surface area contributed by atoms with Crippen molar-refractivity contribution in [2.45, 2.75) is 6.10 Å². The van der Waals surface area contributed by atoms with E-state index in [2.05, 4.69) is 13.2 Å². The number of hydrogen-bond donors (Lipinski definition) is 1. The van der Waals surface area contributed by atoms with E-state index >= 15 is 0 Å². The van der Waals surface area contributed by atoms with Gasteiger partial charge in [-0.2, -0.15) is 0 Å². The third-order valence-corrected chi connectivity index (χ3v) is 3.61. The number of anilines is 1. The fourth-order valence-electron chi connectivity index (χ4n) is 2.29. The van der Waals surface area contributed by atoms with Crippen LogP contribution in [0.1, 0.15) is 17.2 Å². The van der Waals surface area contributed by atoms with Crippen LogP contribution in [0.2, 0.25) is 0 Å². The van der Waals surface area contributed by atoms with Crippen LogP contribution in [0, 0.1) is 0 Å². The summed E-state index contributed by atoms with van der Waals surface area (Å²) in [5, 5.41) is 10.6. The van der Waals surface area contributed by atoms with Crippen molar-refractivity contribution < 1.29 is 14.6 Å². The Hall–Kier alpha value is -2.85. The van der Waals surface area contributed by atoms with Crippen molar-refractivity contribution in [1.82, 2.24) is 0 Å². The van der Waals surface area contributed by atoms with E-state index in [0.29, 0.717) is 23.6 Å². The molecule has 0 saturated heterocycles. The number of aliphatic hydroxyl groups is 1. The molecule has 0 aliphatic heterocycles. The van der Waals surface area contributed by atoms with E-state index in [-0.39, 0.29) is 5.91 Å². The van der Waals surface area contributed by atoms with Gasteiger partial charge >= 0.3 is 0 Å². The first-order valence-corrected chi connectivity index (χ1v) is 7.58. The Morgan fingerprint density at radius 3 is 2.54 bits per heavy atom. The Morgan fingerprint density at radius 2 is 1.92 bits per heavy atom. The van der Waals surface area contributed by atoms with E-state index in [1.165, 1.54) is 11.0 Å². The second-order valence-corrected chi connectivity index (χ2v) is 5.27. The summed E-state index contributed by atoms with van der Waals surface area (Å²) in [6.07, 6.45) is 2.06. The molecule has 0 spiro atoms. The van der Waals surface area contributed by atoms with Crippen molar-refractivity contribution in [3.8, 4) is 5.75 Å². The Balaban J connectivity index is 2.43. The van der Waals surface area contributed by atoms with E-state index in [0.717, 1.165) is 5.56 Å². The van der Waals surface area contributed by atoms with Gasteiger partial charge in [-0.15, -0.1) is 0 Å². The Kier molecular flexibility index (Phi) is 5.93. The van der Waals surface area contributed by atoms with Crippen LogP contribution in [-0.4, -0.2) is 24.7 Å². The average molecular weight is 323 g/mol. The summed E-state index contributed by atoms with van der Waals surface area (Å²) >= 11 is 0. The third kappa shape index (κ3) is 4.12. The van der Waals surface area contributed by atoms with Crippen LogP contribution in [0.25, 0.3) is 0 Å². The number of amides is 1. The van der Waals surface area contributed by atoms with Gasteiger partial charge in [0, 0.05) is 18.8 Å². The maximum absolute atomic E-state index is 11.9. The number of benzene rings is 2. The van der Waals surface area contributed by atoms with Crippen LogP contribution < -0.4 is 9.64 Å². The van der Waals surface area contributed by atoms with Crippen molar-refractivity contribution in [3.63, 3.8) is 0 Å². The molecule has 2 rings (SSSR count). The van der Waals surface area contributed by atoms with Crippen LogP contribution in [0.5, 0.6) is 5.75 Å².